The monoisotopic (exact) mass is 308 g/mol. The van der Waals surface area contributed by atoms with Crippen LogP contribution in [0.3, 0.4) is 0 Å². The topological polar surface area (TPSA) is 33.2 Å². The molecular weight excluding hydrogens is 280 g/mol. The van der Waals surface area contributed by atoms with Crippen molar-refractivity contribution >= 4 is 17.2 Å². The molecule has 4 heteroatoms. The molecule has 0 unspecified atom stereocenters. The van der Waals surface area contributed by atoms with Crippen molar-refractivity contribution in [3.8, 4) is 0 Å². The van der Waals surface area contributed by atoms with E-state index in [1.807, 2.05) is 18.7 Å². The van der Waals surface area contributed by atoms with Crippen LogP contribution < -0.4 is 0 Å². The van der Waals surface area contributed by atoms with Crippen LogP contribution in [0.1, 0.15) is 58.2 Å². The van der Waals surface area contributed by atoms with Gasteiger partial charge >= 0.3 is 0 Å². The summed E-state index contributed by atoms with van der Waals surface area (Å²) in [6, 6.07) is 0. The minimum atomic E-state index is 0.120. The largest absolute Gasteiger partial charge is 0.342 e. The van der Waals surface area contributed by atoms with Gasteiger partial charge in [-0.25, -0.2) is 4.98 Å². The van der Waals surface area contributed by atoms with Crippen LogP contribution in [0.25, 0.3) is 0 Å². The summed E-state index contributed by atoms with van der Waals surface area (Å²) in [6.07, 6.45) is 3.30. The van der Waals surface area contributed by atoms with Crippen LogP contribution in [-0.4, -0.2) is 28.9 Å². The highest BCUT2D eigenvalue weighted by atomic mass is 32.1. The molecule has 1 aliphatic heterocycles. The maximum absolute atomic E-state index is 12.0. The standard InChI is InChI=1S/C17H28N2OS/c1-12(2)16(20)19-8-6-13(7-9-19)10-15-18-14(11-21-15)17(3,4)5/h11-13H,6-10H2,1-5H3. The molecule has 0 aliphatic carbocycles. The highest BCUT2D eigenvalue weighted by molar-refractivity contribution is 7.09. The van der Waals surface area contributed by atoms with Crippen molar-refractivity contribution in [1.29, 1.82) is 0 Å². The van der Waals surface area contributed by atoms with Gasteiger partial charge in [-0.1, -0.05) is 34.6 Å². The molecule has 1 saturated heterocycles. The van der Waals surface area contributed by atoms with E-state index in [1.165, 1.54) is 10.7 Å². The van der Waals surface area contributed by atoms with E-state index in [-0.39, 0.29) is 11.3 Å². The molecule has 2 rings (SSSR count). The molecule has 21 heavy (non-hydrogen) atoms. The smallest absolute Gasteiger partial charge is 0.225 e. The first kappa shape index (κ1) is 16.5. The van der Waals surface area contributed by atoms with Crippen molar-refractivity contribution in [3.63, 3.8) is 0 Å². The molecule has 118 valence electrons. The maximum atomic E-state index is 12.0. The average molecular weight is 308 g/mol. The summed E-state index contributed by atoms with van der Waals surface area (Å²) in [7, 11) is 0. The summed E-state index contributed by atoms with van der Waals surface area (Å²) in [5.41, 5.74) is 1.34. The van der Waals surface area contributed by atoms with Gasteiger partial charge < -0.3 is 4.90 Å². The Labute approximate surface area is 132 Å². The zero-order valence-electron chi connectivity index (χ0n) is 14.0. The van der Waals surface area contributed by atoms with E-state index in [4.69, 9.17) is 4.98 Å². The Kier molecular flexibility index (Phi) is 5.07. The summed E-state index contributed by atoms with van der Waals surface area (Å²) < 4.78 is 0. The first-order chi connectivity index (χ1) is 9.77. The van der Waals surface area contributed by atoms with E-state index >= 15 is 0 Å². The molecule has 1 fully saturated rings. The molecule has 1 aromatic heterocycles. The number of hydrogen-bond acceptors (Lipinski definition) is 3. The first-order valence-corrected chi connectivity index (χ1v) is 8.89. The summed E-state index contributed by atoms with van der Waals surface area (Å²) in [4.78, 5) is 18.8. The molecule has 0 bridgehead atoms. The Bertz CT molecular complexity index is 479. The Morgan fingerprint density at radius 1 is 1.38 bits per heavy atom. The number of aromatic nitrogens is 1. The predicted octanol–water partition coefficient (Wildman–Crippen LogP) is 3.88. The quantitative estimate of drug-likeness (QED) is 0.849. The van der Waals surface area contributed by atoms with Crippen LogP contribution in [-0.2, 0) is 16.6 Å². The zero-order valence-corrected chi connectivity index (χ0v) is 14.8. The van der Waals surface area contributed by atoms with Crippen LogP contribution in [0.4, 0.5) is 0 Å². The molecule has 2 heterocycles. The van der Waals surface area contributed by atoms with Crippen molar-refractivity contribution in [2.24, 2.45) is 11.8 Å². The molecule has 0 N–H and O–H groups in total. The van der Waals surface area contributed by atoms with Crippen LogP contribution in [0, 0.1) is 11.8 Å². The average Bonchev–Trinajstić information content (AvgIpc) is 2.87. The summed E-state index contributed by atoms with van der Waals surface area (Å²) in [6.45, 7) is 12.4. The minimum Gasteiger partial charge on any atom is -0.342 e. The number of thiazole rings is 1. The van der Waals surface area contributed by atoms with E-state index in [0.29, 0.717) is 11.8 Å². The molecule has 0 spiro atoms. The van der Waals surface area contributed by atoms with Gasteiger partial charge in [0.25, 0.3) is 0 Å². The number of nitrogens with zero attached hydrogens (tertiary/aromatic N) is 2. The normalized spacial score (nSPS) is 17.5. The second-order valence-electron chi connectivity index (χ2n) is 7.50. The molecule has 0 aromatic carbocycles. The summed E-state index contributed by atoms with van der Waals surface area (Å²) in [5, 5.41) is 3.46. The number of carbonyl (C=O) groups is 1. The minimum absolute atomic E-state index is 0.120. The maximum Gasteiger partial charge on any atom is 0.225 e. The van der Waals surface area contributed by atoms with Crippen molar-refractivity contribution in [3.05, 3.63) is 16.1 Å². The Balaban J connectivity index is 1.86. The number of carbonyl (C=O) groups excluding carboxylic acids is 1. The van der Waals surface area contributed by atoms with Gasteiger partial charge in [0.15, 0.2) is 0 Å². The number of hydrogen-bond donors (Lipinski definition) is 0. The van der Waals surface area contributed by atoms with Crippen molar-refractivity contribution < 1.29 is 4.79 Å². The highest BCUT2D eigenvalue weighted by Crippen LogP contribution is 2.28. The fourth-order valence-electron chi connectivity index (χ4n) is 2.72. The van der Waals surface area contributed by atoms with E-state index in [0.717, 1.165) is 32.4 Å². The number of likely N-dealkylation sites (tertiary alicyclic amines) is 1. The second-order valence-corrected chi connectivity index (χ2v) is 8.45. The van der Waals surface area contributed by atoms with Gasteiger partial charge in [0.1, 0.15) is 0 Å². The molecule has 1 aliphatic rings. The van der Waals surface area contributed by atoms with Crippen LogP contribution in [0.15, 0.2) is 5.38 Å². The SMILES string of the molecule is CC(C)C(=O)N1CCC(Cc2nc(C(C)(C)C)cs2)CC1. The van der Waals surface area contributed by atoms with Crippen molar-refractivity contribution in [2.45, 2.75) is 59.3 Å². The number of amides is 1. The molecule has 0 radical (unpaired) electrons. The first-order valence-electron chi connectivity index (χ1n) is 8.01. The molecule has 1 amide bonds. The lowest BCUT2D eigenvalue weighted by molar-refractivity contribution is -0.135. The Morgan fingerprint density at radius 2 is 2.00 bits per heavy atom. The fraction of sp³-hybridized carbons (Fsp3) is 0.765. The lowest BCUT2D eigenvalue weighted by Crippen LogP contribution is -2.40. The third-order valence-corrected chi connectivity index (χ3v) is 5.07. The van der Waals surface area contributed by atoms with Gasteiger partial charge in [0.05, 0.1) is 10.7 Å². The molecular formula is C17H28N2OS. The number of piperidine rings is 1. The second kappa shape index (κ2) is 6.47. The van der Waals surface area contributed by atoms with Crippen LogP contribution in [0.5, 0.6) is 0 Å². The van der Waals surface area contributed by atoms with E-state index < -0.39 is 0 Å². The van der Waals surface area contributed by atoms with Gasteiger partial charge in [-0.2, -0.15) is 0 Å². The molecule has 0 saturated carbocycles. The van der Waals surface area contributed by atoms with Gasteiger partial charge in [0.2, 0.25) is 5.91 Å². The molecule has 0 atom stereocenters. The highest BCUT2D eigenvalue weighted by Gasteiger charge is 2.25. The van der Waals surface area contributed by atoms with E-state index in [1.54, 1.807) is 11.3 Å². The molecule has 3 nitrogen and oxygen atoms in total. The summed E-state index contributed by atoms with van der Waals surface area (Å²) >= 11 is 1.79. The predicted molar refractivity (Wildman–Crippen MR) is 88.7 cm³/mol. The lowest BCUT2D eigenvalue weighted by Gasteiger charge is -2.32. The third kappa shape index (κ3) is 4.29. The van der Waals surface area contributed by atoms with Gasteiger partial charge in [0, 0.05) is 36.2 Å². The Morgan fingerprint density at radius 3 is 2.48 bits per heavy atom. The van der Waals surface area contributed by atoms with E-state index in [9.17, 15) is 4.79 Å². The lowest BCUT2D eigenvalue weighted by atomic mass is 9.92. The molecule has 1 aromatic rings. The number of rotatable bonds is 3. The van der Waals surface area contributed by atoms with E-state index in [2.05, 4.69) is 26.2 Å². The fourth-order valence-corrected chi connectivity index (χ4v) is 3.86. The van der Waals surface area contributed by atoms with Crippen molar-refractivity contribution in [2.75, 3.05) is 13.1 Å². The zero-order chi connectivity index (χ0) is 15.6. The van der Waals surface area contributed by atoms with Gasteiger partial charge in [-0.05, 0) is 18.8 Å². The third-order valence-electron chi connectivity index (χ3n) is 4.20. The van der Waals surface area contributed by atoms with Crippen molar-refractivity contribution in [1.82, 2.24) is 9.88 Å². The Hall–Kier alpha value is -0.900. The van der Waals surface area contributed by atoms with Gasteiger partial charge in [-0.15, -0.1) is 11.3 Å². The van der Waals surface area contributed by atoms with Gasteiger partial charge in [-0.3, -0.25) is 4.79 Å². The van der Waals surface area contributed by atoms with Crippen LogP contribution >= 0.6 is 11.3 Å². The van der Waals surface area contributed by atoms with Crippen LogP contribution in [0.2, 0.25) is 0 Å². The summed E-state index contributed by atoms with van der Waals surface area (Å²) in [5.74, 6) is 1.10.